The summed E-state index contributed by atoms with van der Waals surface area (Å²) in [5.74, 6) is 1.45. The van der Waals surface area contributed by atoms with E-state index in [9.17, 15) is 0 Å². The third-order valence-electron chi connectivity index (χ3n) is 5.11. The van der Waals surface area contributed by atoms with Gasteiger partial charge in [0.15, 0.2) is 0 Å². The van der Waals surface area contributed by atoms with E-state index in [1.54, 1.807) is 0 Å². The van der Waals surface area contributed by atoms with Crippen molar-refractivity contribution in [1.82, 2.24) is 4.90 Å². The molecule has 3 heteroatoms. The fourth-order valence-corrected chi connectivity index (χ4v) is 3.69. The van der Waals surface area contributed by atoms with Crippen LogP contribution in [0.5, 0.6) is 0 Å². The van der Waals surface area contributed by atoms with Crippen LogP contribution in [0.3, 0.4) is 0 Å². The number of nitrogens with zero attached hydrogens (tertiary/aromatic N) is 2. The molecule has 0 aromatic heterocycles. The van der Waals surface area contributed by atoms with Crippen molar-refractivity contribution in [3.63, 3.8) is 0 Å². The first-order chi connectivity index (χ1) is 8.78. The van der Waals surface area contributed by atoms with E-state index in [-0.39, 0.29) is 0 Å². The van der Waals surface area contributed by atoms with Gasteiger partial charge in [0.2, 0.25) is 0 Å². The van der Waals surface area contributed by atoms with Crippen molar-refractivity contribution in [2.24, 2.45) is 17.0 Å². The molecule has 104 valence electrons. The molecule has 0 bridgehead atoms. The van der Waals surface area contributed by atoms with E-state index >= 15 is 0 Å². The number of likely N-dealkylation sites (tertiary alicyclic amines) is 1. The largest absolute Gasteiger partial charge is 0.411 e. The number of hydrogen-bond acceptors (Lipinski definition) is 3. The topological polar surface area (TPSA) is 35.8 Å². The van der Waals surface area contributed by atoms with Crippen LogP contribution in [0.25, 0.3) is 0 Å². The highest BCUT2D eigenvalue weighted by Crippen LogP contribution is 2.31. The summed E-state index contributed by atoms with van der Waals surface area (Å²) in [6, 6.07) is 0.794. The molecule has 1 unspecified atom stereocenters. The van der Waals surface area contributed by atoms with Gasteiger partial charge in [-0.2, -0.15) is 0 Å². The van der Waals surface area contributed by atoms with E-state index in [0.29, 0.717) is 5.92 Å². The van der Waals surface area contributed by atoms with Gasteiger partial charge in [-0.3, -0.25) is 4.90 Å². The summed E-state index contributed by atoms with van der Waals surface area (Å²) in [6.45, 7) is 6.73. The van der Waals surface area contributed by atoms with E-state index in [1.165, 1.54) is 32.1 Å². The minimum atomic E-state index is 0.479. The molecule has 18 heavy (non-hydrogen) atoms. The van der Waals surface area contributed by atoms with Crippen molar-refractivity contribution in [3.8, 4) is 0 Å². The first-order valence-corrected chi connectivity index (χ1v) is 7.73. The predicted molar refractivity (Wildman–Crippen MR) is 75.2 cm³/mol. The Morgan fingerprint density at radius 1 is 1.17 bits per heavy atom. The molecule has 2 fully saturated rings. The predicted octanol–water partition coefficient (Wildman–Crippen LogP) is 3.52. The Hall–Kier alpha value is -0.570. The normalized spacial score (nSPS) is 37.0. The molecular weight excluding hydrogens is 224 g/mol. The van der Waals surface area contributed by atoms with Crippen LogP contribution in [0.1, 0.15) is 58.8 Å². The zero-order valence-corrected chi connectivity index (χ0v) is 11.9. The van der Waals surface area contributed by atoms with Crippen LogP contribution in [0.4, 0.5) is 0 Å². The van der Waals surface area contributed by atoms with Crippen molar-refractivity contribution in [1.29, 1.82) is 0 Å². The van der Waals surface area contributed by atoms with Crippen LogP contribution in [-0.2, 0) is 0 Å². The molecule has 1 saturated heterocycles. The lowest BCUT2D eigenvalue weighted by Crippen LogP contribution is -2.47. The molecule has 1 aliphatic heterocycles. The second-order valence-corrected chi connectivity index (χ2v) is 6.02. The summed E-state index contributed by atoms with van der Waals surface area (Å²) in [5.41, 5.74) is 1.02. The number of oxime groups is 1. The molecule has 0 aromatic rings. The standard InChI is InChI=1S/C15H28N2O/c1-3-12-5-7-14(8-6-12)17-10-9-15(16-18)13(4-2)11-17/h12-14,18H,3-11H2,1-2H3. The highest BCUT2D eigenvalue weighted by molar-refractivity contribution is 5.87. The minimum absolute atomic E-state index is 0.479. The lowest BCUT2D eigenvalue weighted by molar-refractivity contribution is 0.116. The van der Waals surface area contributed by atoms with Gasteiger partial charge < -0.3 is 5.21 Å². The van der Waals surface area contributed by atoms with Gasteiger partial charge in [-0.25, -0.2) is 0 Å². The first-order valence-electron chi connectivity index (χ1n) is 7.73. The SMILES string of the molecule is CCC1CCC(N2CCC(=NO)C(CC)C2)CC1. The smallest absolute Gasteiger partial charge is 0.0627 e. The van der Waals surface area contributed by atoms with Gasteiger partial charge in [-0.15, -0.1) is 0 Å². The van der Waals surface area contributed by atoms with Crippen molar-refractivity contribution < 1.29 is 5.21 Å². The maximum atomic E-state index is 9.03. The van der Waals surface area contributed by atoms with Gasteiger partial charge >= 0.3 is 0 Å². The highest BCUT2D eigenvalue weighted by atomic mass is 16.4. The summed E-state index contributed by atoms with van der Waals surface area (Å²) in [6.07, 6.45) is 8.99. The third kappa shape index (κ3) is 3.05. The van der Waals surface area contributed by atoms with Gasteiger partial charge in [-0.05, 0) is 38.0 Å². The van der Waals surface area contributed by atoms with Crippen LogP contribution in [-0.4, -0.2) is 35.0 Å². The second-order valence-electron chi connectivity index (χ2n) is 6.02. The monoisotopic (exact) mass is 252 g/mol. The van der Waals surface area contributed by atoms with Crippen LogP contribution in [0.2, 0.25) is 0 Å². The first kappa shape index (κ1) is 13.9. The molecule has 0 spiro atoms. The molecule has 1 N–H and O–H groups in total. The molecule has 1 saturated carbocycles. The zero-order chi connectivity index (χ0) is 13.0. The summed E-state index contributed by atoms with van der Waals surface area (Å²) in [5, 5.41) is 12.5. The fraction of sp³-hybridized carbons (Fsp3) is 0.933. The molecule has 2 rings (SSSR count). The Balaban J connectivity index is 1.87. The Morgan fingerprint density at radius 2 is 1.89 bits per heavy atom. The molecule has 1 heterocycles. The average molecular weight is 252 g/mol. The fourth-order valence-electron chi connectivity index (χ4n) is 3.69. The number of rotatable bonds is 3. The molecule has 0 amide bonds. The molecule has 0 aromatic carbocycles. The van der Waals surface area contributed by atoms with Gasteiger partial charge in [0.1, 0.15) is 0 Å². The summed E-state index contributed by atoms with van der Waals surface area (Å²) in [4.78, 5) is 2.66. The van der Waals surface area contributed by atoms with E-state index in [2.05, 4.69) is 23.9 Å². The Morgan fingerprint density at radius 3 is 2.44 bits per heavy atom. The molecule has 1 atom stereocenters. The van der Waals surface area contributed by atoms with Gasteiger partial charge in [0.25, 0.3) is 0 Å². The quantitative estimate of drug-likeness (QED) is 0.616. The van der Waals surface area contributed by atoms with Gasteiger partial charge in [0.05, 0.1) is 5.71 Å². The highest BCUT2D eigenvalue weighted by Gasteiger charge is 2.31. The summed E-state index contributed by atoms with van der Waals surface area (Å²) in [7, 11) is 0. The van der Waals surface area contributed by atoms with E-state index in [4.69, 9.17) is 5.21 Å². The third-order valence-corrected chi connectivity index (χ3v) is 5.11. The van der Waals surface area contributed by atoms with Gasteiger partial charge in [0, 0.05) is 31.5 Å². The lowest BCUT2D eigenvalue weighted by Gasteiger charge is -2.41. The zero-order valence-electron chi connectivity index (χ0n) is 11.9. The van der Waals surface area contributed by atoms with E-state index in [1.807, 2.05) is 0 Å². The van der Waals surface area contributed by atoms with Crippen LogP contribution in [0.15, 0.2) is 5.16 Å². The van der Waals surface area contributed by atoms with E-state index < -0.39 is 0 Å². The summed E-state index contributed by atoms with van der Waals surface area (Å²) >= 11 is 0. The molecule has 0 radical (unpaired) electrons. The van der Waals surface area contributed by atoms with Crippen molar-refractivity contribution >= 4 is 5.71 Å². The summed E-state index contributed by atoms with van der Waals surface area (Å²) < 4.78 is 0. The second kappa shape index (κ2) is 6.55. The Kier molecular flexibility index (Phi) is 5.04. The molecule has 3 nitrogen and oxygen atoms in total. The maximum absolute atomic E-state index is 9.03. The van der Waals surface area contributed by atoms with Crippen molar-refractivity contribution in [2.75, 3.05) is 13.1 Å². The Labute approximate surface area is 111 Å². The van der Waals surface area contributed by atoms with Crippen LogP contribution >= 0.6 is 0 Å². The van der Waals surface area contributed by atoms with Crippen LogP contribution < -0.4 is 0 Å². The number of piperidine rings is 1. The van der Waals surface area contributed by atoms with Crippen LogP contribution in [0, 0.1) is 11.8 Å². The molecular formula is C15H28N2O. The lowest BCUT2D eigenvalue weighted by atomic mass is 9.82. The maximum Gasteiger partial charge on any atom is 0.0627 e. The van der Waals surface area contributed by atoms with Gasteiger partial charge in [-0.1, -0.05) is 25.4 Å². The molecule has 1 aliphatic carbocycles. The molecule has 2 aliphatic rings. The van der Waals surface area contributed by atoms with E-state index in [0.717, 1.165) is 43.6 Å². The van der Waals surface area contributed by atoms with Crippen molar-refractivity contribution in [2.45, 2.75) is 64.8 Å². The number of hydrogen-bond donors (Lipinski definition) is 1. The van der Waals surface area contributed by atoms with Crippen molar-refractivity contribution in [3.05, 3.63) is 0 Å². The minimum Gasteiger partial charge on any atom is -0.411 e. The average Bonchev–Trinajstić information content (AvgIpc) is 2.46. The Bertz CT molecular complexity index is 282.